The van der Waals surface area contributed by atoms with Gasteiger partial charge in [0.1, 0.15) is 0 Å². The van der Waals surface area contributed by atoms with Crippen LogP contribution in [0, 0.1) is 0 Å². The molecule has 0 saturated carbocycles. The number of nitrogens with zero attached hydrogens (tertiary/aromatic N) is 3. The standard InChI is InChI=1S/C12H10F3N3O2/c1-7(11(19)20)10-6-18(17-16-10)9-4-2-8(3-5-9)12(13,14)15/h2-7H,1H3,(H,19,20). The molecule has 5 nitrogen and oxygen atoms in total. The Morgan fingerprint density at radius 3 is 2.40 bits per heavy atom. The van der Waals surface area contributed by atoms with Crippen LogP contribution in [0.3, 0.4) is 0 Å². The van der Waals surface area contributed by atoms with Gasteiger partial charge in [-0.25, -0.2) is 4.68 Å². The van der Waals surface area contributed by atoms with Crippen LogP contribution in [-0.2, 0) is 11.0 Å². The smallest absolute Gasteiger partial charge is 0.416 e. The van der Waals surface area contributed by atoms with E-state index in [1.165, 1.54) is 29.9 Å². The monoisotopic (exact) mass is 285 g/mol. The van der Waals surface area contributed by atoms with E-state index in [4.69, 9.17) is 5.11 Å². The van der Waals surface area contributed by atoms with Crippen molar-refractivity contribution in [2.45, 2.75) is 19.0 Å². The average Bonchev–Trinajstić information content (AvgIpc) is 2.86. The van der Waals surface area contributed by atoms with Crippen molar-refractivity contribution in [1.82, 2.24) is 15.0 Å². The lowest BCUT2D eigenvalue weighted by Gasteiger charge is -2.07. The number of benzene rings is 1. The normalized spacial score (nSPS) is 13.2. The van der Waals surface area contributed by atoms with Gasteiger partial charge in [-0.3, -0.25) is 4.79 Å². The molecule has 20 heavy (non-hydrogen) atoms. The number of aliphatic carboxylic acids is 1. The number of alkyl halides is 3. The fraction of sp³-hybridized carbons (Fsp3) is 0.250. The van der Waals surface area contributed by atoms with Crippen molar-refractivity contribution in [2.75, 3.05) is 0 Å². The number of carboxylic acids is 1. The molecule has 0 bridgehead atoms. The summed E-state index contributed by atoms with van der Waals surface area (Å²) in [6, 6.07) is 4.34. The maximum Gasteiger partial charge on any atom is 0.416 e. The summed E-state index contributed by atoms with van der Waals surface area (Å²) in [6.45, 7) is 1.45. The number of hydrogen-bond acceptors (Lipinski definition) is 3. The second-order valence-electron chi connectivity index (χ2n) is 4.19. The fourth-order valence-electron chi connectivity index (χ4n) is 1.53. The van der Waals surface area contributed by atoms with Gasteiger partial charge in [0, 0.05) is 0 Å². The predicted octanol–water partition coefficient (Wildman–Crippen LogP) is 2.47. The lowest BCUT2D eigenvalue weighted by Crippen LogP contribution is -2.07. The second kappa shape index (κ2) is 4.95. The lowest BCUT2D eigenvalue weighted by atomic mass is 10.1. The van der Waals surface area contributed by atoms with Crippen LogP contribution in [0.4, 0.5) is 13.2 Å². The molecule has 1 unspecified atom stereocenters. The van der Waals surface area contributed by atoms with E-state index in [2.05, 4.69) is 10.3 Å². The van der Waals surface area contributed by atoms with E-state index >= 15 is 0 Å². The van der Waals surface area contributed by atoms with Gasteiger partial charge in [-0.15, -0.1) is 5.10 Å². The summed E-state index contributed by atoms with van der Waals surface area (Å²) < 4.78 is 38.5. The molecule has 2 aromatic rings. The Bertz CT molecular complexity index is 620. The Kier molecular flexibility index (Phi) is 3.47. The Morgan fingerprint density at radius 2 is 1.90 bits per heavy atom. The molecular formula is C12H10F3N3O2. The molecule has 0 radical (unpaired) electrons. The van der Waals surface area contributed by atoms with Gasteiger partial charge < -0.3 is 5.11 Å². The van der Waals surface area contributed by atoms with Gasteiger partial charge in [0.25, 0.3) is 0 Å². The molecule has 0 aliphatic rings. The van der Waals surface area contributed by atoms with Crippen LogP contribution >= 0.6 is 0 Å². The molecule has 106 valence electrons. The van der Waals surface area contributed by atoms with Gasteiger partial charge >= 0.3 is 12.1 Å². The van der Waals surface area contributed by atoms with E-state index in [-0.39, 0.29) is 5.69 Å². The summed E-state index contributed by atoms with van der Waals surface area (Å²) in [6.07, 6.45) is -3.02. The van der Waals surface area contributed by atoms with Crippen molar-refractivity contribution in [3.8, 4) is 5.69 Å². The summed E-state index contributed by atoms with van der Waals surface area (Å²) in [7, 11) is 0. The molecule has 2 rings (SSSR count). The largest absolute Gasteiger partial charge is 0.481 e. The van der Waals surface area contributed by atoms with Gasteiger partial charge in [-0.1, -0.05) is 5.21 Å². The zero-order valence-electron chi connectivity index (χ0n) is 10.3. The minimum atomic E-state index is -4.40. The number of carbonyl (C=O) groups is 1. The number of halogens is 3. The average molecular weight is 285 g/mol. The first-order valence-electron chi connectivity index (χ1n) is 5.61. The van der Waals surface area contributed by atoms with Gasteiger partial charge in [-0.2, -0.15) is 13.2 Å². The predicted molar refractivity (Wildman–Crippen MR) is 62.4 cm³/mol. The Labute approximate surface area is 111 Å². The van der Waals surface area contributed by atoms with Crippen LogP contribution < -0.4 is 0 Å². The molecule has 1 aromatic carbocycles. The summed E-state index contributed by atoms with van der Waals surface area (Å²) in [4.78, 5) is 10.8. The summed E-state index contributed by atoms with van der Waals surface area (Å²) in [5.74, 6) is -1.89. The Balaban J connectivity index is 2.27. The first-order chi connectivity index (χ1) is 9.29. The van der Waals surface area contributed by atoms with Gasteiger partial charge in [0.05, 0.1) is 29.1 Å². The van der Waals surface area contributed by atoms with E-state index in [1.54, 1.807) is 0 Å². The Hall–Kier alpha value is -2.38. The van der Waals surface area contributed by atoms with Crippen molar-refractivity contribution < 1.29 is 23.1 Å². The maximum absolute atomic E-state index is 12.4. The van der Waals surface area contributed by atoms with Crippen LogP contribution in [0.2, 0.25) is 0 Å². The molecule has 1 heterocycles. The fourth-order valence-corrected chi connectivity index (χ4v) is 1.53. The van der Waals surface area contributed by atoms with Gasteiger partial charge in [-0.05, 0) is 31.2 Å². The van der Waals surface area contributed by atoms with Crippen LogP contribution in [-0.4, -0.2) is 26.1 Å². The van der Waals surface area contributed by atoms with Gasteiger partial charge in [0.2, 0.25) is 0 Å². The zero-order chi connectivity index (χ0) is 14.9. The number of rotatable bonds is 3. The van der Waals surface area contributed by atoms with Crippen LogP contribution in [0.15, 0.2) is 30.5 Å². The number of aromatic nitrogens is 3. The summed E-state index contributed by atoms with van der Waals surface area (Å²) in [5, 5.41) is 16.2. The molecule has 0 amide bonds. The molecule has 0 aliphatic heterocycles. The highest BCUT2D eigenvalue weighted by atomic mass is 19.4. The minimum absolute atomic E-state index is 0.234. The van der Waals surface area contributed by atoms with E-state index in [0.717, 1.165) is 12.1 Å². The summed E-state index contributed by atoms with van der Waals surface area (Å²) in [5.41, 5.74) is -0.160. The third-order valence-electron chi connectivity index (χ3n) is 2.78. The third kappa shape index (κ3) is 2.79. The zero-order valence-corrected chi connectivity index (χ0v) is 10.3. The van der Waals surface area contributed by atoms with E-state index < -0.39 is 23.6 Å². The van der Waals surface area contributed by atoms with Crippen molar-refractivity contribution in [1.29, 1.82) is 0 Å². The van der Waals surface area contributed by atoms with E-state index in [9.17, 15) is 18.0 Å². The minimum Gasteiger partial charge on any atom is -0.481 e. The quantitative estimate of drug-likeness (QED) is 0.940. The number of hydrogen-bond donors (Lipinski definition) is 1. The molecule has 1 atom stereocenters. The van der Waals surface area contributed by atoms with Gasteiger partial charge in [0.15, 0.2) is 0 Å². The molecule has 0 fully saturated rings. The maximum atomic E-state index is 12.4. The van der Waals surface area contributed by atoms with E-state index in [0.29, 0.717) is 5.69 Å². The highest BCUT2D eigenvalue weighted by Gasteiger charge is 2.30. The highest BCUT2D eigenvalue weighted by Crippen LogP contribution is 2.29. The van der Waals surface area contributed by atoms with Crippen molar-refractivity contribution >= 4 is 5.97 Å². The molecule has 0 aliphatic carbocycles. The van der Waals surface area contributed by atoms with Crippen LogP contribution in [0.25, 0.3) is 5.69 Å². The SMILES string of the molecule is CC(C(=O)O)c1cn(-c2ccc(C(F)(F)F)cc2)nn1. The van der Waals surface area contributed by atoms with Crippen LogP contribution in [0.5, 0.6) is 0 Å². The third-order valence-corrected chi connectivity index (χ3v) is 2.78. The van der Waals surface area contributed by atoms with E-state index in [1.807, 2.05) is 0 Å². The first-order valence-corrected chi connectivity index (χ1v) is 5.61. The van der Waals surface area contributed by atoms with Crippen molar-refractivity contribution in [3.05, 3.63) is 41.7 Å². The van der Waals surface area contributed by atoms with Crippen LogP contribution in [0.1, 0.15) is 24.1 Å². The molecule has 1 aromatic heterocycles. The molecule has 8 heteroatoms. The summed E-state index contributed by atoms with van der Waals surface area (Å²) >= 11 is 0. The molecule has 0 spiro atoms. The van der Waals surface area contributed by atoms with Crippen molar-refractivity contribution in [2.24, 2.45) is 0 Å². The lowest BCUT2D eigenvalue weighted by molar-refractivity contribution is -0.139. The highest BCUT2D eigenvalue weighted by molar-refractivity contribution is 5.74. The van der Waals surface area contributed by atoms with Crippen molar-refractivity contribution in [3.63, 3.8) is 0 Å². The Morgan fingerprint density at radius 1 is 1.30 bits per heavy atom. The molecular weight excluding hydrogens is 275 g/mol. The number of carboxylic acid groups (broad SMARTS) is 1. The second-order valence-corrected chi connectivity index (χ2v) is 4.19. The molecule has 1 N–H and O–H groups in total. The first kappa shape index (κ1) is 14.0. The topological polar surface area (TPSA) is 68.0 Å². The molecule has 0 saturated heterocycles.